The number of rotatable bonds is 6. The molecule has 190 valence electrons. The van der Waals surface area contributed by atoms with Crippen LogP contribution >= 0.6 is 0 Å². The summed E-state index contributed by atoms with van der Waals surface area (Å²) in [6.07, 6.45) is 5.55. The van der Waals surface area contributed by atoms with Crippen molar-refractivity contribution in [3.8, 4) is 28.1 Å². The molecule has 2 aromatic heterocycles. The Labute approximate surface area is 218 Å². The van der Waals surface area contributed by atoms with Gasteiger partial charge in [0.05, 0.1) is 18.5 Å². The van der Waals surface area contributed by atoms with E-state index in [9.17, 15) is 4.79 Å². The van der Waals surface area contributed by atoms with E-state index in [2.05, 4.69) is 75.9 Å². The first-order valence-corrected chi connectivity index (χ1v) is 13.3. The van der Waals surface area contributed by atoms with Crippen LogP contribution in [-0.2, 0) is 11.3 Å². The van der Waals surface area contributed by atoms with Crippen molar-refractivity contribution in [3.05, 3.63) is 78.1 Å². The van der Waals surface area contributed by atoms with Crippen molar-refractivity contribution in [1.29, 1.82) is 0 Å². The molecule has 6 heteroatoms. The number of aryl methyl sites for hydroxylation is 1. The summed E-state index contributed by atoms with van der Waals surface area (Å²) in [6.45, 7) is 6.28. The summed E-state index contributed by atoms with van der Waals surface area (Å²) in [5.74, 6) is 1.47. The number of imidazole rings is 1. The topological polar surface area (TPSA) is 50.1 Å². The number of methoxy groups -OCH3 is 1. The second-order valence-electron chi connectivity index (χ2n) is 10.4. The molecule has 0 spiro atoms. The molecule has 1 amide bonds. The van der Waals surface area contributed by atoms with Gasteiger partial charge in [0.15, 0.2) is 0 Å². The van der Waals surface area contributed by atoms with Crippen LogP contribution < -0.4 is 4.74 Å². The fourth-order valence-corrected chi connectivity index (χ4v) is 5.47. The van der Waals surface area contributed by atoms with Crippen LogP contribution in [0.4, 0.5) is 0 Å². The van der Waals surface area contributed by atoms with Crippen LogP contribution in [0.3, 0.4) is 0 Å². The maximum absolute atomic E-state index is 12.7. The van der Waals surface area contributed by atoms with Crippen LogP contribution in [0.2, 0.25) is 0 Å². The standard InChI is InChI=1S/C31H34N4O2/c1-22-5-3-8-25(19-22)26-11-14-29-32-30(23-9-12-27(37-2)13-10-23)28(35(29)20-26)21-33-15-17-34(18-16-33)31(36)24-6-4-7-24/h3,5,8-14,19-20,24H,4,6-7,15-18,21H2,1-2H3. The van der Waals surface area contributed by atoms with Crippen molar-refractivity contribution in [3.63, 3.8) is 0 Å². The number of benzene rings is 2. The molecule has 0 radical (unpaired) electrons. The fraction of sp³-hybridized carbons (Fsp3) is 0.355. The Morgan fingerprint density at radius 2 is 1.70 bits per heavy atom. The maximum atomic E-state index is 12.7. The zero-order valence-electron chi connectivity index (χ0n) is 21.7. The van der Waals surface area contributed by atoms with Crippen LogP contribution in [0.15, 0.2) is 66.9 Å². The molecule has 0 unspecified atom stereocenters. The summed E-state index contributed by atoms with van der Waals surface area (Å²) in [4.78, 5) is 22.4. The molecule has 2 aromatic carbocycles. The molecular formula is C31H34N4O2. The van der Waals surface area contributed by atoms with Crippen molar-refractivity contribution in [2.24, 2.45) is 5.92 Å². The molecule has 0 atom stereocenters. The largest absolute Gasteiger partial charge is 0.497 e. The van der Waals surface area contributed by atoms with Crippen LogP contribution in [0.5, 0.6) is 5.75 Å². The third-order valence-electron chi connectivity index (χ3n) is 7.94. The van der Waals surface area contributed by atoms with E-state index in [1.807, 2.05) is 12.1 Å². The molecular weight excluding hydrogens is 460 g/mol. The lowest BCUT2D eigenvalue weighted by Gasteiger charge is -2.38. The second kappa shape index (κ2) is 10.0. The molecule has 2 fully saturated rings. The number of pyridine rings is 1. The number of hydrogen-bond donors (Lipinski definition) is 0. The van der Waals surface area contributed by atoms with Gasteiger partial charge in [-0.1, -0.05) is 36.2 Å². The molecule has 1 aliphatic heterocycles. The molecule has 3 heterocycles. The lowest BCUT2D eigenvalue weighted by Crippen LogP contribution is -2.50. The zero-order chi connectivity index (χ0) is 25.4. The van der Waals surface area contributed by atoms with Gasteiger partial charge >= 0.3 is 0 Å². The smallest absolute Gasteiger partial charge is 0.225 e. The van der Waals surface area contributed by atoms with Gasteiger partial charge in [-0.25, -0.2) is 4.98 Å². The van der Waals surface area contributed by atoms with Crippen LogP contribution in [0.1, 0.15) is 30.5 Å². The number of nitrogens with zero attached hydrogens (tertiary/aromatic N) is 4. The highest BCUT2D eigenvalue weighted by atomic mass is 16.5. The molecule has 1 aliphatic carbocycles. The summed E-state index contributed by atoms with van der Waals surface area (Å²) >= 11 is 0. The van der Waals surface area contributed by atoms with Gasteiger partial charge in [-0.3, -0.25) is 9.69 Å². The monoisotopic (exact) mass is 494 g/mol. The fourth-order valence-electron chi connectivity index (χ4n) is 5.47. The summed E-state index contributed by atoms with van der Waals surface area (Å²) in [5.41, 5.74) is 7.82. The normalized spacial score (nSPS) is 16.6. The summed E-state index contributed by atoms with van der Waals surface area (Å²) in [5, 5.41) is 0. The molecule has 6 nitrogen and oxygen atoms in total. The van der Waals surface area contributed by atoms with E-state index in [4.69, 9.17) is 9.72 Å². The van der Waals surface area contributed by atoms with Crippen molar-refractivity contribution in [2.75, 3.05) is 33.3 Å². The third kappa shape index (κ3) is 4.74. The molecule has 1 saturated carbocycles. The number of hydrogen-bond acceptors (Lipinski definition) is 4. The van der Waals surface area contributed by atoms with Gasteiger partial charge < -0.3 is 14.0 Å². The van der Waals surface area contributed by atoms with Crippen LogP contribution in [0.25, 0.3) is 28.0 Å². The lowest BCUT2D eigenvalue weighted by atomic mass is 9.84. The Balaban J connectivity index is 1.33. The van der Waals surface area contributed by atoms with Gasteiger partial charge in [-0.15, -0.1) is 0 Å². The summed E-state index contributed by atoms with van der Waals surface area (Å²) < 4.78 is 7.64. The first kappa shape index (κ1) is 23.7. The van der Waals surface area contributed by atoms with E-state index >= 15 is 0 Å². The van der Waals surface area contributed by atoms with Crippen LogP contribution in [0, 0.1) is 12.8 Å². The summed E-state index contributed by atoms with van der Waals surface area (Å²) in [7, 11) is 1.69. The number of aromatic nitrogens is 2. The van der Waals surface area contributed by atoms with Gasteiger partial charge in [0.25, 0.3) is 0 Å². The Bertz CT molecular complexity index is 1410. The number of carbonyl (C=O) groups excluding carboxylic acids is 1. The molecule has 6 rings (SSSR count). The van der Waals surface area contributed by atoms with Crippen molar-refractivity contribution < 1.29 is 9.53 Å². The second-order valence-corrected chi connectivity index (χ2v) is 10.4. The predicted molar refractivity (Wildman–Crippen MR) is 147 cm³/mol. The first-order chi connectivity index (χ1) is 18.1. The quantitative estimate of drug-likeness (QED) is 0.359. The highest BCUT2D eigenvalue weighted by Gasteiger charge is 2.31. The van der Waals surface area contributed by atoms with E-state index in [1.165, 1.54) is 28.8 Å². The average molecular weight is 495 g/mol. The lowest BCUT2D eigenvalue weighted by molar-refractivity contribution is -0.140. The molecule has 1 saturated heterocycles. The molecule has 4 aromatic rings. The molecule has 0 N–H and O–H groups in total. The third-order valence-corrected chi connectivity index (χ3v) is 7.94. The van der Waals surface area contributed by atoms with Crippen molar-refractivity contribution >= 4 is 11.6 Å². The van der Waals surface area contributed by atoms with Gasteiger partial charge in [0.1, 0.15) is 11.4 Å². The number of piperazine rings is 1. The molecule has 0 bridgehead atoms. The Kier molecular flexibility index (Phi) is 6.43. The number of ether oxygens (including phenoxy) is 1. The Morgan fingerprint density at radius 1 is 0.946 bits per heavy atom. The minimum absolute atomic E-state index is 0.270. The van der Waals surface area contributed by atoms with Gasteiger partial charge in [0, 0.05) is 50.4 Å². The minimum Gasteiger partial charge on any atom is -0.497 e. The van der Waals surface area contributed by atoms with Gasteiger partial charge in [-0.05, 0) is 67.3 Å². The number of fused-ring (bicyclic) bond motifs is 1. The van der Waals surface area contributed by atoms with Crippen molar-refractivity contribution in [2.45, 2.75) is 32.7 Å². The maximum Gasteiger partial charge on any atom is 0.225 e. The first-order valence-electron chi connectivity index (χ1n) is 13.3. The number of amides is 1. The Morgan fingerprint density at radius 3 is 2.38 bits per heavy atom. The summed E-state index contributed by atoms with van der Waals surface area (Å²) in [6, 6.07) is 21.0. The zero-order valence-corrected chi connectivity index (χ0v) is 21.7. The van der Waals surface area contributed by atoms with E-state index in [1.54, 1.807) is 7.11 Å². The Hall–Kier alpha value is -3.64. The van der Waals surface area contributed by atoms with E-state index in [0.29, 0.717) is 5.91 Å². The van der Waals surface area contributed by atoms with Crippen molar-refractivity contribution in [1.82, 2.24) is 19.2 Å². The molecule has 37 heavy (non-hydrogen) atoms. The van der Waals surface area contributed by atoms with Gasteiger partial charge in [0.2, 0.25) is 5.91 Å². The molecule has 2 aliphatic rings. The van der Waals surface area contributed by atoms with E-state index in [0.717, 1.165) is 68.2 Å². The average Bonchev–Trinajstić information content (AvgIpc) is 3.25. The minimum atomic E-state index is 0.270. The highest BCUT2D eigenvalue weighted by Crippen LogP contribution is 2.31. The van der Waals surface area contributed by atoms with Crippen LogP contribution in [-0.4, -0.2) is 58.4 Å². The highest BCUT2D eigenvalue weighted by molar-refractivity contribution is 5.79. The SMILES string of the molecule is COc1ccc(-c2nc3ccc(-c4cccc(C)c4)cn3c2CN2CCN(C(=O)C3CCC3)CC2)cc1. The predicted octanol–water partition coefficient (Wildman–Crippen LogP) is 5.43. The van der Waals surface area contributed by atoms with Gasteiger partial charge in [-0.2, -0.15) is 0 Å². The number of carbonyl (C=O) groups is 1. The van der Waals surface area contributed by atoms with E-state index in [-0.39, 0.29) is 5.92 Å². The van der Waals surface area contributed by atoms with E-state index < -0.39 is 0 Å².